The van der Waals surface area contributed by atoms with Crippen LogP contribution in [0.3, 0.4) is 0 Å². The molecule has 1 aliphatic rings. The summed E-state index contributed by atoms with van der Waals surface area (Å²) in [5.41, 5.74) is 1.10. The summed E-state index contributed by atoms with van der Waals surface area (Å²) in [6.45, 7) is 3.91. The molecule has 1 aliphatic carbocycles. The molecule has 1 amide bonds. The maximum atomic E-state index is 15.2. The highest BCUT2D eigenvalue weighted by atomic mass is 35.5. The van der Waals surface area contributed by atoms with Gasteiger partial charge in [-0.15, -0.1) is 0 Å². The fraction of sp³-hybridized carbons (Fsp3) is 0.400. The standard InChI is InChI=1S/C25H26ClF2N3O2/c1-14(2)25(28)7-5-20-18(12-25)10-16-9-17(11-19(27)23(16)31-20)24(33)29-8-6-21(32)15-3-4-22(26)30-13-15/h3-4,9-11,13-14,21,32H,5-8,12H2,1-2H3,(H,29,33)/t21-,25+/m1/s1. The van der Waals surface area contributed by atoms with E-state index in [1.54, 1.807) is 24.3 Å². The number of rotatable bonds is 6. The summed E-state index contributed by atoms with van der Waals surface area (Å²) in [4.78, 5) is 21.0. The normalized spacial score (nSPS) is 18.9. The number of hydrogen-bond acceptors (Lipinski definition) is 4. The van der Waals surface area contributed by atoms with E-state index in [9.17, 15) is 14.3 Å². The van der Waals surface area contributed by atoms with Gasteiger partial charge in [0.05, 0.1) is 6.10 Å². The maximum Gasteiger partial charge on any atom is 0.251 e. The minimum absolute atomic E-state index is 0.130. The number of alkyl halides is 1. The molecule has 4 rings (SSSR count). The first kappa shape index (κ1) is 23.5. The van der Waals surface area contributed by atoms with Gasteiger partial charge in [-0.2, -0.15) is 0 Å². The molecular weight excluding hydrogens is 448 g/mol. The zero-order valence-electron chi connectivity index (χ0n) is 18.5. The minimum atomic E-state index is -1.31. The van der Waals surface area contributed by atoms with Crippen LogP contribution in [0.1, 0.15) is 60.0 Å². The summed E-state index contributed by atoms with van der Waals surface area (Å²) in [7, 11) is 0. The molecule has 2 atom stereocenters. The van der Waals surface area contributed by atoms with E-state index in [0.717, 1.165) is 17.3 Å². The van der Waals surface area contributed by atoms with Crippen molar-refractivity contribution in [1.82, 2.24) is 15.3 Å². The molecule has 0 radical (unpaired) electrons. The quantitative estimate of drug-likeness (QED) is 0.487. The van der Waals surface area contributed by atoms with Gasteiger partial charge in [-0.05, 0) is 60.6 Å². The van der Waals surface area contributed by atoms with Crippen molar-refractivity contribution in [3.63, 3.8) is 0 Å². The molecule has 0 saturated carbocycles. The number of aliphatic hydroxyl groups is 1. The molecule has 2 heterocycles. The molecule has 1 aromatic carbocycles. The number of carbonyl (C=O) groups is 1. The molecule has 3 aromatic rings. The van der Waals surface area contributed by atoms with Gasteiger partial charge in [0, 0.05) is 35.8 Å². The van der Waals surface area contributed by atoms with Crippen LogP contribution >= 0.6 is 11.6 Å². The topological polar surface area (TPSA) is 75.1 Å². The van der Waals surface area contributed by atoms with Gasteiger partial charge in [0.15, 0.2) is 0 Å². The highest BCUT2D eigenvalue weighted by molar-refractivity contribution is 6.29. The number of aromatic nitrogens is 2. The number of benzene rings is 1. The number of carbonyl (C=O) groups excluding carboxylic acids is 1. The van der Waals surface area contributed by atoms with E-state index in [0.29, 0.717) is 28.9 Å². The Balaban J connectivity index is 1.48. The van der Waals surface area contributed by atoms with Crippen molar-refractivity contribution in [2.24, 2.45) is 5.92 Å². The number of amides is 1. The number of hydrogen-bond donors (Lipinski definition) is 2. The zero-order chi connectivity index (χ0) is 23.8. The van der Waals surface area contributed by atoms with E-state index in [4.69, 9.17) is 11.6 Å². The molecule has 0 spiro atoms. The van der Waals surface area contributed by atoms with E-state index in [1.165, 1.54) is 6.20 Å². The van der Waals surface area contributed by atoms with Crippen LogP contribution in [0, 0.1) is 11.7 Å². The molecular formula is C25H26ClF2N3O2. The van der Waals surface area contributed by atoms with Crippen molar-refractivity contribution >= 4 is 28.4 Å². The number of aliphatic hydroxyl groups excluding tert-OH is 1. The Kier molecular flexibility index (Phi) is 6.64. The maximum absolute atomic E-state index is 15.2. The van der Waals surface area contributed by atoms with E-state index >= 15 is 4.39 Å². The van der Waals surface area contributed by atoms with Gasteiger partial charge in [0.25, 0.3) is 5.91 Å². The Morgan fingerprint density at radius 1 is 1.30 bits per heavy atom. The third-order valence-electron chi connectivity index (χ3n) is 6.44. The lowest BCUT2D eigenvalue weighted by Crippen LogP contribution is -2.36. The first-order valence-electron chi connectivity index (χ1n) is 11.0. The third kappa shape index (κ3) is 4.99. The van der Waals surface area contributed by atoms with Crippen LogP contribution in [-0.2, 0) is 12.8 Å². The van der Waals surface area contributed by atoms with Crippen molar-refractivity contribution in [3.05, 3.63) is 69.9 Å². The lowest BCUT2D eigenvalue weighted by molar-refractivity contribution is 0.0821. The van der Waals surface area contributed by atoms with Gasteiger partial charge in [-0.3, -0.25) is 4.79 Å². The summed E-state index contributed by atoms with van der Waals surface area (Å²) in [5, 5.41) is 13.7. The Bertz CT molecular complexity index is 1190. The zero-order valence-corrected chi connectivity index (χ0v) is 19.3. The van der Waals surface area contributed by atoms with E-state index in [2.05, 4.69) is 15.3 Å². The van der Waals surface area contributed by atoms with Crippen molar-refractivity contribution in [1.29, 1.82) is 0 Å². The predicted molar refractivity (Wildman–Crippen MR) is 124 cm³/mol. The van der Waals surface area contributed by atoms with Crippen molar-refractivity contribution < 1.29 is 18.7 Å². The number of aryl methyl sites for hydroxylation is 1. The van der Waals surface area contributed by atoms with Gasteiger partial charge in [0.2, 0.25) is 0 Å². The summed E-state index contributed by atoms with van der Waals surface area (Å²) < 4.78 is 30.0. The Hall–Kier alpha value is -2.64. The van der Waals surface area contributed by atoms with Crippen LogP contribution in [0.5, 0.6) is 0 Å². The Labute approximate surface area is 196 Å². The summed E-state index contributed by atoms with van der Waals surface area (Å²) in [6, 6.07) is 7.74. The number of pyridine rings is 2. The van der Waals surface area contributed by atoms with Crippen LogP contribution in [-0.4, -0.2) is 33.2 Å². The van der Waals surface area contributed by atoms with Crippen LogP contribution < -0.4 is 5.32 Å². The number of nitrogens with zero attached hydrogens (tertiary/aromatic N) is 2. The van der Waals surface area contributed by atoms with Gasteiger partial charge in [0.1, 0.15) is 22.2 Å². The van der Waals surface area contributed by atoms with E-state index < -0.39 is 23.5 Å². The second-order valence-corrected chi connectivity index (χ2v) is 9.35. The van der Waals surface area contributed by atoms with E-state index in [1.807, 2.05) is 13.8 Å². The van der Waals surface area contributed by atoms with Gasteiger partial charge >= 0.3 is 0 Å². The second-order valence-electron chi connectivity index (χ2n) is 8.96. The van der Waals surface area contributed by atoms with Crippen molar-refractivity contribution in [3.8, 4) is 0 Å². The molecule has 33 heavy (non-hydrogen) atoms. The van der Waals surface area contributed by atoms with Gasteiger partial charge < -0.3 is 10.4 Å². The Morgan fingerprint density at radius 2 is 2.09 bits per heavy atom. The number of fused-ring (bicyclic) bond motifs is 2. The third-order valence-corrected chi connectivity index (χ3v) is 6.66. The largest absolute Gasteiger partial charge is 0.388 e. The average Bonchev–Trinajstić information content (AvgIpc) is 2.78. The first-order chi connectivity index (χ1) is 15.7. The van der Waals surface area contributed by atoms with Crippen LogP contribution in [0.25, 0.3) is 10.9 Å². The fourth-order valence-corrected chi connectivity index (χ4v) is 4.34. The van der Waals surface area contributed by atoms with Crippen LogP contribution in [0.2, 0.25) is 5.15 Å². The molecule has 2 aromatic heterocycles. The smallest absolute Gasteiger partial charge is 0.251 e. The average molecular weight is 474 g/mol. The monoisotopic (exact) mass is 473 g/mol. The SMILES string of the molecule is CC(C)[C@]1(F)CCc2nc3c(F)cc(C(=O)NCC[C@@H](O)c4ccc(Cl)nc4)cc3cc2C1. The molecule has 0 aliphatic heterocycles. The molecule has 5 nitrogen and oxygen atoms in total. The second kappa shape index (κ2) is 9.31. The molecule has 0 saturated heterocycles. The lowest BCUT2D eigenvalue weighted by atomic mass is 9.77. The summed E-state index contributed by atoms with van der Waals surface area (Å²) in [5.74, 6) is -1.18. The molecule has 8 heteroatoms. The molecule has 0 unspecified atom stereocenters. The molecule has 174 valence electrons. The van der Waals surface area contributed by atoms with Gasteiger partial charge in [-0.25, -0.2) is 18.7 Å². The summed E-state index contributed by atoms with van der Waals surface area (Å²) >= 11 is 5.75. The minimum Gasteiger partial charge on any atom is -0.388 e. The predicted octanol–water partition coefficient (Wildman–Crippen LogP) is 5.13. The summed E-state index contributed by atoms with van der Waals surface area (Å²) in [6.07, 6.45) is 1.99. The first-order valence-corrected chi connectivity index (χ1v) is 11.4. The Morgan fingerprint density at radius 3 is 2.79 bits per heavy atom. The van der Waals surface area contributed by atoms with Crippen LogP contribution in [0.15, 0.2) is 36.5 Å². The van der Waals surface area contributed by atoms with Crippen LogP contribution in [0.4, 0.5) is 8.78 Å². The lowest BCUT2D eigenvalue weighted by Gasteiger charge is -2.34. The molecule has 0 bridgehead atoms. The molecule has 2 N–H and O–H groups in total. The number of nitrogens with one attached hydrogen (secondary N) is 1. The highest BCUT2D eigenvalue weighted by Gasteiger charge is 2.38. The molecule has 0 fully saturated rings. The fourth-order valence-electron chi connectivity index (χ4n) is 4.23. The highest BCUT2D eigenvalue weighted by Crippen LogP contribution is 2.38. The van der Waals surface area contributed by atoms with Crippen molar-refractivity contribution in [2.75, 3.05) is 6.54 Å². The van der Waals surface area contributed by atoms with Crippen molar-refractivity contribution in [2.45, 2.75) is 51.3 Å². The van der Waals surface area contributed by atoms with E-state index in [-0.39, 0.29) is 36.4 Å². The van der Waals surface area contributed by atoms with Gasteiger partial charge in [-0.1, -0.05) is 31.5 Å². The number of halogens is 3.